The molecular weight excluding hydrogens is 240 g/mol. The first kappa shape index (κ1) is 12.9. The summed E-state index contributed by atoms with van der Waals surface area (Å²) in [5.41, 5.74) is 6.73. The lowest BCUT2D eigenvalue weighted by molar-refractivity contribution is 0.775. The first-order valence-electron chi connectivity index (χ1n) is 7.28. The van der Waals surface area contributed by atoms with Crippen molar-refractivity contribution in [1.82, 2.24) is 0 Å². The largest absolute Gasteiger partial charge is 0.0810 e. The number of hydrogen-bond acceptors (Lipinski definition) is 0. The minimum Gasteiger partial charge on any atom is -0.0810 e. The van der Waals surface area contributed by atoms with Gasteiger partial charge in [0, 0.05) is 0 Å². The van der Waals surface area contributed by atoms with E-state index in [0.717, 1.165) is 6.42 Å². The van der Waals surface area contributed by atoms with Crippen LogP contribution in [0.2, 0.25) is 0 Å². The molecule has 3 rings (SSSR count). The van der Waals surface area contributed by atoms with Crippen LogP contribution in [0.25, 0.3) is 17.2 Å². The normalized spacial score (nSPS) is 17.9. The molecule has 2 aromatic rings. The first-order chi connectivity index (χ1) is 9.74. The summed E-state index contributed by atoms with van der Waals surface area (Å²) < 4.78 is 0. The summed E-state index contributed by atoms with van der Waals surface area (Å²) in [5.74, 6) is 0.578. The van der Waals surface area contributed by atoms with Crippen molar-refractivity contribution in [2.75, 3.05) is 0 Å². The molecule has 1 unspecified atom stereocenters. The molecule has 1 aliphatic rings. The van der Waals surface area contributed by atoms with Gasteiger partial charge in [-0.15, -0.1) is 0 Å². The zero-order chi connectivity index (χ0) is 13.9. The molecule has 0 radical (unpaired) electrons. The Balaban J connectivity index is 2.08. The second-order valence-corrected chi connectivity index (χ2v) is 5.63. The van der Waals surface area contributed by atoms with Crippen molar-refractivity contribution in [1.29, 1.82) is 0 Å². The molecule has 0 saturated heterocycles. The molecule has 1 atom stereocenters. The molecule has 0 amide bonds. The van der Waals surface area contributed by atoms with Gasteiger partial charge in [0.2, 0.25) is 0 Å². The summed E-state index contributed by atoms with van der Waals surface area (Å²) >= 11 is 0. The minimum atomic E-state index is 0.578. The molecule has 0 aliphatic heterocycles. The molecule has 0 heterocycles. The monoisotopic (exact) mass is 260 g/mol. The van der Waals surface area contributed by atoms with E-state index in [1.54, 1.807) is 0 Å². The van der Waals surface area contributed by atoms with Crippen molar-refractivity contribution < 1.29 is 0 Å². The Hall–Kier alpha value is -2.08. The van der Waals surface area contributed by atoms with E-state index in [0.29, 0.717) is 5.92 Å². The Kier molecular flexibility index (Phi) is 3.56. The van der Waals surface area contributed by atoms with Crippen LogP contribution in [0, 0.1) is 0 Å². The summed E-state index contributed by atoms with van der Waals surface area (Å²) in [7, 11) is 0. The maximum atomic E-state index is 2.33. The smallest absolute Gasteiger partial charge is 0.0150 e. The van der Waals surface area contributed by atoms with E-state index < -0.39 is 0 Å². The van der Waals surface area contributed by atoms with Gasteiger partial charge in [-0.3, -0.25) is 0 Å². The second-order valence-electron chi connectivity index (χ2n) is 5.63. The van der Waals surface area contributed by atoms with Gasteiger partial charge < -0.3 is 0 Å². The van der Waals surface area contributed by atoms with E-state index in [-0.39, 0.29) is 0 Å². The fourth-order valence-electron chi connectivity index (χ4n) is 2.76. The molecule has 20 heavy (non-hydrogen) atoms. The Morgan fingerprint density at radius 2 is 1.70 bits per heavy atom. The summed E-state index contributed by atoms with van der Waals surface area (Å²) in [5, 5.41) is 0. The van der Waals surface area contributed by atoms with E-state index in [2.05, 4.69) is 80.6 Å². The van der Waals surface area contributed by atoms with E-state index in [4.69, 9.17) is 0 Å². The Morgan fingerprint density at radius 3 is 2.50 bits per heavy atom. The molecule has 0 N–H and O–H groups in total. The van der Waals surface area contributed by atoms with Crippen molar-refractivity contribution in [3.05, 3.63) is 77.4 Å². The molecule has 0 heteroatoms. The quantitative estimate of drug-likeness (QED) is 0.606. The summed E-state index contributed by atoms with van der Waals surface area (Å²) in [6.45, 7) is 4.49. The van der Waals surface area contributed by atoms with Crippen molar-refractivity contribution in [2.45, 2.75) is 26.2 Å². The Morgan fingerprint density at radius 1 is 0.900 bits per heavy atom. The van der Waals surface area contributed by atoms with Crippen LogP contribution in [0.15, 0.2) is 66.3 Å². The third-order valence-electron chi connectivity index (χ3n) is 4.04. The van der Waals surface area contributed by atoms with E-state index in [1.165, 1.54) is 27.8 Å². The maximum Gasteiger partial charge on any atom is -0.0150 e. The zero-order valence-corrected chi connectivity index (χ0v) is 12.1. The lowest BCUT2D eigenvalue weighted by atomic mass is 9.88. The Labute approximate surface area is 121 Å². The number of allylic oxidation sites excluding steroid dienone is 3. The molecule has 100 valence electrons. The van der Waals surface area contributed by atoms with Crippen molar-refractivity contribution in [2.24, 2.45) is 0 Å². The molecule has 1 aliphatic carbocycles. The molecule has 0 aromatic heterocycles. The fourth-order valence-corrected chi connectivity index (χ4v) is 2.76. The molecular formula is C20H20. The fraction of sp³-hybridized carbons (Fsp3) is 0.200. The van der Waals surface area contributed by atoms with Gasteiger partial charge in [0.25, 0.3) is 0 Å². The second kappa shape index (κ2) is 5.50. The van der Waals surface area contributed by atoms with Gasteiger partial charge in [0.15, 0.2) is 0 Å². The SMILES string of the molecule is CC1=CCC(C)c2ccc(-c3ccccc3)cc2C=C1. The topological polar surface area (TPSA) is 0 Å². The van der Waals surface area contributed by atoms with Crippen LogP contribution < -0.4 is 0 Å². The van der Waals surface area contributed by atoms with Crippen LogP contribution in [-0.4, -0.2) is 0 Å². The maximum absolute atomic E-state index is 2.33. The van der Waals surface area contributed by atoms with E-state index in [1.807, 2.05) is 0 Å². The lowest BCUT2D eigenvalue weighted by Gasteiger charge is -2.17. The summed E-state index contributed by atoms with van der Waals surface area (Å²) in [4.78, 5) is 0. The molecule has 0 bridgehead atoms. The Bertz CT molecular complexity index is 660. The van der Waals surface area contributed by atoms with E-state index >= 15 is 0 Å². The van der Waals surface area contributed by atoms with Gasteiger partial charge in [0.1, 0.15) is 0 Å². The van der Waals surface area contributed by atoms with Gasteiger partial charge >= 0.3 is 0 Å². The van der Waals surface area contributed by atoms with Gasteiger partial charge in [-0.1, -0.05) is 73.2 Å². The number of benzene rings is 2. The first-order valence-corrected chi connectivity index (χ1v) is 7.28. The van der Waals surface area contributed by atoms with Crippen LogP contribution in [0.5, 0.6) is 0 Å². The van der Waals surface area contributed by atoms with Gasteiger partial charge in [-0.25, -0.2) is 0 Å². The standard InChI is InChI=1S/C20H20/c1-15-8-10-16(2)20-13-12-18(14-19(20)11-9-15)17-6-4-3-5-7-17/h3-9,11-14,16H,10H2,1-2H3. The van der Waals surface area contributed by atoms with E-state index in [9.17, 15) is 0 Å². The van der Waals surface area contributed by atoms with Crippen molar-refractivity contribution in [3.63, 3.8) is 0 Å². The highest BCUT2D eigenvalue weighted by Gasteiger charge is 2.11. The molecule has 0 fully saturated rings. The molecule has 0 nitrogen and oxygen atoms in total. The third-order valence-corrected chi connectivity index (χ3v) is 4.04. The number of hydrogen-bond donors (Lipinski definition) is 0. The summed E-state index contributed by atoms with van der Waals surface area (Å²) in [6.07, 6.45) is 7.92. The molecule has 0 spiro atoms. The molecule has 2 aromatic carbocycles. The van der Waals surface area contributed by atoms with Crippen molar-refractivity contribution >= 4 is 6.08 Å². The van der Waals surface area contributed by atoms with Crippen molar-refractivity contribution in [3.8, 4) is 11.1 Å². The van der Waals surface area contributed by atoms with Crippen LogP contribution >= 0.6 is 0 Å². The lowest BCUT2D eigenvalue weighted by Crippen LogP contribution is -1.98. The summed E-state index contributed by atoms with van der Waals surface area (Å²) in [6, 6.07) is 17.4. The highest BCUT2D eigenvalue weighted by molar-refractivity contribution is 5.70. The van der Waals surface area contributed by atoms with Gasteiger partial charge in [-0.2, -0.15) is 0 Å². The zero-order valence-electron chi connectivity index (χ0n) is 12.1. The molecule has 0 saturated carbocycles. The minimum absolute atomic E-state index is 0.578. The average Bonchev–Trinajstić information content (AvgIpc) is 2.50. The highest BCUT2D eigenvalue weighted by atomic mass is 14.2. The number of rotatable bonds is 1. The van der Waals surface area contributed by atoms with Crippen LogP contribution in [0.4, 0.5) is 0 Å². The van der Waals surface area contributed by atoms with Gasteiger partial charge in [-0.05, 0) is 47.6 Å². The predicted molar refractivity (Wildman–Crippen MR) is 87.7 cm³/mol. The highest BCUT2D eigenvalue weighted by Crippen LogP contribution is 2.31. The third kappa shape index (κ3) is 2.60. The predicted octanol–water partition coefficient (Wildman–Crippen LogP) is 5.82. The van der Waals surface area contributed by atoms with Crippen LogP contribution in [0.3, 0.4) is 0 Å². The number of fused-ring (bicyclic) bond motifs is 1. The van der Waals surface area contributed by atoms with Crippen LogP contribution in [-0.2, 0) is 0 Å². The average molecular weight is 260 g/mol. The van der Waals surface area contributed by atoms with Crippen LogP contribution in [0.1, 0.15) is 37.3 Å². The van der Waals surface area contributed by atoms with Gasteiger partial charge in [0.05, 0.1) is 0 Å².